The van der Waals surface area contributed by atoms with Crippen molar-refractivity contribution in [3.8, 4) is 0 Å². The molecule has 0 spiro atoms. The van der Waals surface area contributed by atoms with Crippen LogP contribution in [0.25, 0.3) is 0 Å². The lowest BCUT2D eigenvalue weighted by molar-refractivity contribution is -0.117. The van der Waals surface area contributed by atoms with Crippen molar-refractivity contribution in [1.29, 1.82) is 0 Å². The van der Waals surface area contributed by atoms with Gasteiger partial charge in [-0.3, -0.25) is 9.59 Å². The first-order chi connectivity index (χ1) is 14.8. The van der Waals surface area contributed by atoms with Crippen molar-refractivity contribution in [3.05, 3.63) is 76.3 Å². The number of allylic oxidation sites excluding steroid dienone is 3. The van der Waals surface area contributed by atoms with Crippen LogP contribution in [0.3, 0.4) is 0 Å². The van der Waals surface area contributed by atoms with Gasteiger partial charge in [0.25, 0.3) is 5.91 Å². The van der Waals surface area contributed by atoms with Gasteiger partial charge in [-0.25, -0.2) is 4.99 Å². The summed E-state index contributed by atoms with van der Waals surface area (Å²) in [5.41, 5.74) is 4.52. The molecule has 0 aliphatic heterocycles. The minimum absolute atomic E-state index is 0.0110. The maximum Gasteiger partial charge on any atom is 0.259 e. The molecule has 0 aromatic heterocycles. The maximum absolute atomic E-state index is 12.7. The third-order valence-electron chi connectivity index (χ3n) is 5.26. The topological polar surface area (TPSA) is 61.8 Å². The van der Waals surface area contributed by atoms with Gasteiger partial charge < -0.3 is 10.2 Å². The van der Waals surface area contributed by atoms with Crippen molar-refractivity contribution in [2.24, 2.45) is 4.99 Å². The zero-order chi connectivity index (χ0) is 22.5. The molecule has 0 unspecified atom stereocenters. The number of rotatable bonds is 6. The van der Waals surface area contributed by atoms with Crippen LogP contribution < -0.4 is 10.2 Å². The van der Waals surface area contributed by atoms with E-state index in [2.05, 4.69) is 30.1 Å². The van der Waals surface area contributed by atoms with E-state index in [1.165, 1.54) is 6.08 Å². The average molecular weight is 436 g/mol. The second-order valence-electron chi connectivity index (χ2n) is 7.29. The van der Waals surface area contributed by atoms with Crippen molar-refractivity contribution >= 4 is 46.1 Å². The van der Waals surface area contributed by atoms with E-state index in [0.29, 0.717) is 17.0 Å². The number of benzene rings is 2. The van der Waals surface area contributed by atoms with E-state index in [1.54, 1.807) is 31.2 Å². The molecule has 0 bridgehead atoms. The Hall–Kier alpha value is -3.18. The number of carbonyl (C=O) groups is 2. The maximum atomic E-state index is 12.7. The molecule has 1 N–H and O–H groups in total. The van der Waals surface area contributed by atoms with Gasteiger partial charge in [0.2, 0.25) is 5.78 Å². The number of hydrogen-bond acceptors (Lipinski definition) is 4. The van der Waals surface area contributed by atoms with Crippen LogP contribution in [0.5, 0.6) is 0 Å². The highest BCUT2D eigenvalue weighted by atomic mass is 35.5. The summed E-state index contributed by atoms with van der Waals surface area (Å²) in [6.07, 6.45) is 1.51. The van der Waals surface area contributed by atoms with Crippen LogP contribution >= 0.6 is 11.6 Å². The number of carbonyl (C=O) groups excluding carboxylic acids is 2. The van der Waals surface area contributed by atoms with Crippen molar-refractivity contribution in [2.75, 3.05) is 23.3 Å². The quantitative estimate of drug-likeness (QED) is 0.476. The molecule has 6 heteroatoms. The number of para-hydroxylation sites is 1. The second-order valence-corrected chi connectivity index (χ2v) is 7.66. The number of amides is 1. The van der Waals surface area contributed by atoms with Gasteiger partial charge in [-0.15, -0.1) is 0 Å². The van der Waals surface area contributed by atoms with E-state index in [0.717, 1.165) is 30.0 Å². The fourth-order valence-corrected chi connectivity index (χ4v) is 3.60. The highest BCUT2D eigenvalue weighted by molar-refractivity contribution is 6.53. The molecule has 1 amide bonds. The Morgan fingerprint density at radius 3 is 2.35 bits per heavy atom. The van der Waals surface area contributed by atoms with Crippen molar-refractivity contribution in [2.45, 2.75) is 27.7 Å². The molecule has 2 aromatic rings. The molecule has 1 aliphatic rings. The lowest BCUT2D eigenvalue weighted by atomic mass is 9.96. The summed E-state index contributed by atoms with van der Waals surface area (Å²) < 4.78 is 0. The molecule has 5 nitrogen and oxygen atoms in total. The van der Waals surface area contributed by atoms with E-state index in [-0.39, 0.29) is 10.6 Å². The van der Waals surface area contributed by atoms with E-state index in [9.17, 15) is 9.59 Å². The molecular formula is C25H26ClN3O2. The molecule has 0 radical (unpaired) electrons. The van der Waals surface area contributed by atoms with Crippen LogP contribution in [0.4, 0.5) is 17.1 Å². The first kappa shape index (κ1) is 22.5. The number of halogens is 1. The number of Topliss-reactive ketones (excluding diaryl/α,β-unsaturated/α-hetero) is 1. The smallest absolute Gasteiger partial charge is 0.259 e. The predicted molar refractivity (Wildman–Crippen MR) is 129 cm³/mol. The monoisotopic (exact) mass is 435 g/mol. The van der Waals surface area contributed by atoms with Gasteiger partial charge >= 0.3 is 0 Å². The molecule has 0 saturated carbocycles. The normalized spacial score (nSPS) is 15.2. The van der Waals surface area contributed by atoms with E-state index < -0.39 is 11.7 Å². The van der Waals surface area contributed by atoms with Crippen LogP contribution in [-0.4, -0.2) is 30.5 Å². The first-order valence-electron chi connectivity index (χ1n) is 10.3. The van der Waals surface area contributed by atoms with Crippen molar-refractivity contribution in [1.82, 2.24) is 0 Å². The van der Waals surface area contributed by atoms with Gasteiger partial charge in [0.1, 0.15) is 0 Å². The zero-order valence-electron chi connectivity index (χ0n) is 18.2. The second kappa shape index (κ2) is 9.75. The van der Waals surface area contributed by atoms with Crippen molar-refractivity contribution < 1.29 is 9.59 Å². The van der Waals surface area contributed by atoms with Crippen molar-refractivity contribution in [3.63, 3.8) is 0 Å². The third-order valence-corrected chi connectivity index (χ3v) is 5.72. The van der Waals surface area contributed by atoms with Crippen LogP contribution in [-0.2, 0) is 9.59 Å². The highest BCUT2D eigenvalue weighted by Gasteiger charge is 2.28. The Morgan fingerprint density at radius 2 is 1.74 bits per heavy atom. The minimum Gasteiger partial charge on any atom is -0.372 e. The standard InChI is InChI=1S/C25H26ClN3O2/c1-5-29(6-2)19-12-13-21(16(3)14-19)28-22-15-20(24(30)23(26)17(22)4)25(31)27-18-10-8-7-9-11-18/h7-15H,5-6H2,1-4H3,(H,27,31). The molecule has 0 heterocycles. The number of aryl methyl sites for hydroxylation is 1. The Bertz CT molecular complexity index is 1100. The third kappa shape index (κ3) is 4.94. The lowest BCUT2D eigenvalue weighted by Gasteiger charge is -2.22. The molecule has 0 saturated heterocycles. The van der Waals surface area contributed by atoms with Gasteiger partial charge in [0.05, 0.1) is 22.0 Å². The molecule has 1 aliphatic carbocycles. The van der Waals surface area contributed by atoms with E-state index >= 15 is 0 Å². The van der Waals surface area contributed by atoms with Gasteiger partial charge in [0, 0.05) is 24.5 Å². The fourth-order valence-electron chi connectivity index (χ4n) is 3.40. The predicted octanol–water partition coefficient (Wildman–Crippen LogP) is 5.57. The summed E-state index contributed by atoms with van der Waals surface area (Å²) in [7, 11) is 0. The molecule has 3 rings (SSSR count). The summed E-state index contributed by atoms with van der Waals surface area (Å²) in [5, 5.41) is 2.75. The van der Waals surface area contributed by atoms with Crippen LogP contribution in [0.2, 0.25) is 0 Å². The number of anilines is 2. The van der Waals surface area contributed by atoms with E-state index in [4.69, 9.17) is 16.6 Å². The van der Waals surface area contributed by atoms with Crippen LogP contribution in [0.15, 0.2) is 75.8 Å². The highest BCUT2D eigenvalue weighted by Crippen LogP contribution is 2.29. The molecule has 0 fully saturated rings. The van der Waals surface area contributed by atoms with Gasteiger partial charge in [-0.2, -0.15) is 0 Å². The number of ketones is 1. The van der Waals surface area contributed by atoms with Crippen LogP contribution in [0.1, 0.15) is 26.3 Å². The Morgan fingerprint density at radius 1 is 1.06 bits per heavy atom. The molecular weight excluding hydrogens is 410 g/mol. The summed E-state index contributed by atoms with van der Waals surface area (Å²) in [6, 6.07) is 15.0. The SMILES string of the molecule is CCN(CC)c1ccc(N=C2C=C(C(=O)Nc3ccccc3)C(=O)C(Cl)=C2C)c(C)c1. The zero-order valence-corrected chi connectivity index (χ0v) is 19.0. The Kier molecular flexibility index (Phi) is 7.08. The molecule has 160 valence electrons. The van der Waals surface area contributed by atoms with Gasteiger partial charge in [-0.05, 0) is 75.2 Å². The fraction of sp³-hybridized carbons (Fsp3) is 0.240. The largest absolute Gasteiger partial charge is 0.372 e. The number of nitrogens with zero attached hydrogens (tertiary/aromatic N) is 2. The van der Waals surface area contributed by atoms with Gasteiger partial charge in [0.15, 0.2) is 0 Å². The number of hydrogen-bond donors (Lipinski definition) is 1. The van der Waals surface area contributed by atoms with E-state index in [1.807, 2.05) is 25.1 Å². The summed E-state index contributed by atoms with van der Waals surface area (Å²) >= 11 is 6.29. The lowest BCUT2D eigenvalue weighted by Crippen LogP contribution is -2.25. The van der Waals surface area contributed by atoms with Gasteiger partial charge in [-0.1, -0.05) is 29.8 Å². The van der Waals surface area contributed by atoms with Crippen LogP contribution in [0, 0.1) is 6.92 Å². The summed E-state index contributed by atoms with van der Waals surface area (Å²) in [5.74, 6) is -1.01. The summed E-state index contributed by atoms with van der Waals surface area (Å²) in [4.78, 5) is 32.4. The Labute approximate surface area is 188 Å². The molecule has 0 atom stereocenters. The average Bonchev–Trinajstić information content (AvgIpc) is 2.77. The molecule has 2 aromatic carbocycles. The number of nitrogens with one attached hydrogen (secondary N) is 1. The number of aliphatic imine (C=N–C) groups is 1. The Balaban J connectivity index is 1.96. The minimum atomic E-state index is -0.511. The first-order valence-corrected chi connectivity index (χ1v) is 10.7. The summed E-state index contributed by atoms with van der Waals surface area (Å²) in [6.45, 7) is 9.82. The molecule has 31 heavy (non-hydrogen) atoms.